The Morgan fingerprint density at radius 3 is 2.48 bits per heavy atom. The maximum absolute atomic E-state index is 13.1. The number of carbonyl (C=O) groups excluding carboxylic acids is 1. The molecule has 0 aromatic heterocycles. The third-order valence-corrected chi connectivity index (χ3v) is 6.49. The van der Waals surface area contributed by atoms with Crippen LogP contribution < -0.4 is 14.4 Å². The van der Waals surface area contributed by atoms with Crippen molar-refractivity contribution in [3.63, 3.8) is 0 Å². The Labute approximate surface area is 172 Å². The van der Waals surface area contributed by atoms with Crippen LogP contribution in [0.2, 0.25) is 0 Å². The van der Waals surface area contributed by atoms with Crippen LogP contribution in [0, 0.1) is 5.41 Å². The van der Waals surface area contributed by atoms with Crippen molar-refractivity contribution in [2.75, 3.05) is 24.0 Å². The van der Waals surface area contributed by atoms with Crippen LogP contribution in [-0.2, 0) is 21.2 Å². The maximum Gasteiger partial charge on any atom is 0.264 e. The average Bonchev–Trinajstić information content (AvgIpc) is 2.70. The molecule has 6 nitrogen and oxygen atoms in total. The molecule has 0 fully saturated rings. The second-order valence-corrected chi connectivity index (χ2v) is 10.3. The fourth-order valence-electron chi connectivity index (χ4n) is 3.15. The van der Waals surface area contributed by atoms with Gasteiger partial charge in [-0.05, 0) is 54.2 Å². The number of aryl methyl sites for hydroxylation is 1. The first kappa shape index (κ1) is 21.2. The largest absolute Gasteiger partial charge is 0.484 e. The van der Waals surface area contributed by atoms with Gasteiger partial charge in [-0.25, -0.2) is 8.42 Å². The van der Waals surface area contributed by atoms with Gasteiger partial charge in [-0.2, -0.15) is 0 Å². The Balaban J connectivity index is 1.66. The predicted molar refractivity (Wildman–Crippen MR) is 114 cm³/mol. The summed E-state index contributed by atoms with van der Waals surface area (Å²) < 4.78 is 33.2. The fraction of sp³-hybridized carbons (Fsp3) is 0.409. The highest BCUT2D eigenvalue weighted by Gasteiger charge is 2.28. The number of hydrogen-bond donors (Lipinski definition) is 1. The summed E-state index contributed by atoms with van der Waals surface area (Å²) in [4.78, 5) is 12.1. The summed E-state index contributed by atoms with van der Waals surface area (Å²) in [6.07, 6.45) is 1.67. The molecular formula is C22H28N2O4S. The molecule has 156 valence electrons. The molecule has 0 radical (unpaired) electrons. The molecule has 0 bridgehead atoms. The Morgan fingerprint density at radius 1 is 1.10 bits per heavy atom. The number of carbonyl (C=O) groups is 1. The predicted octanol–water partition coefficient (Wildman–Crippen LogP) is 3.37. The third kappa shape index (κ3) is 5.29. The molecule has 0 saturated heterocycles. The van der Waals surface area contributed by atoms with Crippen molar-refractivity contribution in [1.82, 2.24) is 5.32 Å². The van der Waals surface area contributed by atoms with Crippen LogP contribution in [0.25, 0.3) is 0 Å². The lowest BCUT2D eigenvalue weighted by Gasteiger charge is -2.30. The van der Waals surface area contributed by atoms with Gasteiger partial charge in [0.2, 0.25) is 0 Å². The van der Waals surface area contributed by atoms with Gasteiger partial charge < -0.3 is 10.1 Å². The second-order valence-electron chi connectivity index (χ2n) is 8.41. The van der Waals surface area contributed by atoms with E-state index >= 15 is 0 Å². The lowest BCUT2D eigenvalue weighted by Crippen LogP contribution is -2.35. The molecule has 0 unspecified atom stereocenters. The van der Waals surface area contributed by atoms with E-state index in [9.17, 15) is 13.2 Å². The van der Waals surface area contributed by atoms with Crippen molar-refractivity contribution in [3.05, 3.63) is 54.1 Å². The zero-order valence-electron chi connectivity index (χ0n) is 17.1. The van der Waals surface area contributed by atoms with Crippen LogP contribution in [0.4, 0.5) is 5.69 Å². The lowest BCUT2D eigenvalue weighted by atomic mass is 9.97. The molecule has 1 amide bonds. The van der Waals surface area contributed by atoms with Crippen LogP contribution in [0.1, 0.15) is 32.8 Å². The van der Waals surface area contributed by atoms with Crippen LogP contribution in [0.5, 0.6) is 5.75 Å². The first-order chi connectivity index (χ1) is 13.7. The number of hydrogen-bond acceptors (Lipinski definition) is 4. The molecule has 0 saturated carbocycles. The minimum Gasteiger partial charge on any atom is -0.484 e. The highest BCUT2D eigenvalue weighted by atomic mass is 32.2. The van der Waals surface area contributed by atoms with Gasteiger partial charge in [0.05, 0.1) is 10.6 Å². The summed E-state index contributed by atoms with van der Waals surface area (Å²) >= 11 is 0. The minimum atomic E-state index is -3.65. The Morgan fingerprint density at radius 2 is 1.79 bits per heavy atom. The molecule has 1 aliphatic rings. The zero-order valence-corrected chi connectivity index (χ0v) is 18.0. The second kappa shape index (κ2) is 8.45. The van der Waals surface area contributed by atoms with E-state index in [0.717, 1.165) is 24.1 Å². The van der Waals surface area contributed by atoms with Crippen molar-refractivity contribution in [1.29, 1.82) is 0 Å². The Hall–Kier alpha value is -2.54. The normalized spacial score (nSPS) is 14.2. The van der Waals surface area contributed by atoms with E-state index in [1.165, 1.54) is 16.4 Å². The number of anilines is 1. The van der Waals surface area contributed by atoms with E-state index < -0.39 is 10.0 Å². The molecule has 0 aliphatic carbocycles. The van der Waals surface area contributed by atoms with E-state index in [4.69, 9.17) is 4.74 Å². The van der Waals surface area contributed by atoms with E-state index in [-0.39, 0.29) is 22.8 Å². The standard InChI is InChI=1S/C22H28N2O4S/c1-22(2,3)16-23-21(25)15-28-18-10-12-19(13-11-18)29(26,27)24-14-6-8-17-7-4-5-9-20(17)24/h4-5,7,9-13H,6,8,14-16H2,1-3H3,(H,23,25). The van der Waals surface area contributed by atoms with Gasteiger partial charge in [-0.3, -0.25) is 9.10 Å². The number of sulfonamides is 1. The highest BCUT2D eigenvalue weighted by molar-refractivity contribution is 7.92. The molecule has 1 aliphatic heterocycles. The molecule has 3 rings (SSSR count). The lowest BCUT2D eigenvalue weighted by molar-refractivity contribution is -0.123. The number of amides is 1. The van der Waals surface area contributed by atoms with Crippen LogP contribution >= 0.6 is 0 Å². The number of rotatable bonds is 6. The number of ether oxygens (including phenoxy) is 1. The highest BCUT2D eigenvalue weighted by Crippen LogP contribution is 2.32. The summed E-state index contributed by atoms with van der Waals surface area (Å²) in [5.41, 5.74) is 1.79. The van der Waals surface area contributed by atoms with Crippen molar-refractivity contribution in [2.24, 2.45) is 5.41 Å². The van der Waals surface area contributed by atoms with Gasteiger partial charge >= 0.3 is 0 Å². The van der Waals surface area contributed by atoms with Gasteiger partial charge in [0, 0.05) is 13.1 Å². The topological polar surface area (TPSA) is 75.7 Å². The third-order valence-electron chi connectivity index (χ3n) is 4.67. The SMILES string of the molecule is CC(C)(C)CNC(=O)COc1ccc(S(=O)(=O)N2CCCc3ccccc32)cc1. The molecule has 0 spiro atoms. The maximum atomic E-state index is 13.1. The van der Waals surface area contributed by atoms with Crippen LogP contribution in [0.15, 0.2) is 53.4 Å². The van der Waals surface area contributed by atoms with Gasteiger partial charge in [-0.15, -0.1) is 0 Å². The van der Waals surface area contributed by atoms with Crippen molar-refractivity contribution >= 4 is 21.6 Å². The summed E-state index contributed by atoms with van der Waals surface area (Å²) in [6.45, 7) is 7.02. The molecule has 7 heteroatoms. The van der Waals surface area contributed by atoms with Crippen molar-refractivity contribution in [2.45, 2.75) is 38.5 Å². The zero-order chi connectivity index (χ0) is 21.1. The number of para-hydroxylation sites is 1. The van der Waals surface area contributed by atoms with Crippen LogP contribution in [-0.4, -0.2) is 34.0 Å². The van der Waals surface area contributed by atoms with Crippen molar-refractivity contribution < 1.29 is 17.9 Å². The van der Waals surface area contributed by atoms with E-state index in [2.05, 4.69) is 5.32 Å². The van der Waals surface area contributed by atoms with Crippen LogP contribution in [0.3, 0.4) is 0 Å². The van der Waals surface area contributed by atoms with E-state index in [1.54, 1.807) is 12.1 Å². The quantitative estimate of drug-likeness (QED) is 0.783. The van der Waals surface area contributed by atoms with E-state index in [1.807, 2.05) is 45.0 Å². The molecule has 0 atom stereocenters. The monoisotopic (exact) mass is 416 g/mol. The summed E-state index contributed by atoms with van der Waals surface area (Å²) in [6, 6.07) is 13.8. The Kier molecular flexibility index (Phi) is 6.17. The molecule has 1 N–H and O–H groups in total. The summed E-state index contributed by atoms with van der Waals surface area (Å²) in [5.74, 6) is 0.246. The molecule has 2 aromatic carbocycles. The van der Waals surface area contributed by atoms with Crippen molar-refractivity contribution in [3.8, 4) is 5.75 Å². The number of nitrogens with zero attached hydrogens (tertiary/aromatic N) is 1. The number of fused-ring (bicyclic) bond motifs is 1. The average molecular weight is 417 g/mol. The molecule has 1 heterocycles. The van der Waals surface area contributed by atoms with Gasteiger partial charge in [0.1, 0.15) is 5.75 Å². The Bertz CT molecular complexity index is 963. The van der Waals surface area contributed by atoms with Gasteiger partial charge in [0.15, 0.2) is 6.61 Å². The number of benzene rings is 2. The van der Waals surface area contributed by atoms with E-state index in [0.29, 0.717) is 18.8 Å². The molecular weight excluding hydrogens is 388 g/mol. The minimum absolute atomic E-state index is 0.00125. The molecule has 29 heavy (non-hydrogen) atoms. The first-order valence-corrected chi connectivity index (χ1v) is 11.2. The van der Waals surface area contributed by atoms with Gasteiger partial charge in [0.25, 0.3) is 15.9 Å². The van der Waals surface area contributed by atoms with Gasteiger partial charge in [-0.1, -0.05) is 39.0 Å². The molecule has 2 aromatic rings. The summed E-state index contributed by atoms with van der Waals surface area (Å²) in [7, 11) is -3.65. The number of nitrogens with one attached hydrogen (secondary N) is 1. The first-order valence-electron chi connectivity index (χ1n) is 9.77. The smallest absolute Gasteiger partial charge is 0.264 e. The fourth-order valence-corrected chi connectivity index (χ4v) is 4.69. The summed E-state index contributed by atoms with van der Waals surface area (Å²) in [5, 5.41) is 2.81.